The van der Waals surface area contributed by atoms with Gasteiger partial charge in [0.25, 0.3) is 12.4 Å². The van der Waals surface area contributed by atoms with E-state index in [4.69, 9.17) is 14.6 Å². The number of H-pyrrole nitrogens is 1. The van der Waals surface area contributed by atoms with Gasteiger partial charge in [0.05, 0.1) is 19.7 Å². The number of benzene rings is 1. The maximum Gasteiger partial charge on any atom is 0.290 e. The summed E-state index contributed by atoms with van der Waals surface area (Å²) >= 11 is 0. The van der Waals surface area contributed by atoms with Gasteiger partial charge in [-0.2, -0.15) is 15.4 Å². The number of likely N-dealkylation sites (tertiary alicyclic amines) is 2. The molecule has 2 aromatic rings. The van der Waals surface area contributed by atoms with E-state index in [9.17, 15) is 9.59 Å². The summed E-state index contributed by atoms with van der Waals surface area (Å²) in [5, 5.41) is 17.1. The first kappa shape index (κ1) is 24.2. The number of para-hydroxylation sites is 1. The quantitative estimate of drug-likeness (QED) is 0.588. The number of hydrogen-bond donors (Lipinski definition) is 2. The Morgan fingerprint density at radius 1 is 1.27 bits per heavy atom. The van der Waals surface area contributed by atoms with Crippen molar-refractivity contribution in [2.24, 2.45) is 11.3 Å². The van der Waals surface area contributed by atoms with Crippen molar-refractivity contribution in [2.45, 2.75) is 6.42 Å². The van der Waals surface area contributed by atoms with Crippen LogP contribution in [0.25, 0.3) is 0 Å². The van der Waals surface area contributed by atoms with E-state index in [-0.39, 0.29) is 29.6 Å². The van der Waals surface area contributed by atoms with Gasteiger partial charge >= 0.3 is 0 Å². The van der Waals surface area contributed by atoms with Gasteiger partial charge in [0, 0.05) is 49.6 Å². The molecule has 178 valence electrons. The number of carbonyl (C=O) groups excluding carboxylic acids is 2. The number of carbonyl (C=O) groups is 3. The zero-order chi connectivity index (χ0) is 24.0. The zero-order valence-electron chi connectivity index (χ0n) is 19.1. The second kappa shape index (κ2) is 10.4. The van der Waals surface area contributed by atoms with Gasteiger partial charge in [0.15, 0.2) is 5.69 Å². The third kappa shape index (κ3) is 5.30. The molecule has 0 aliphatic carbocycles. The first-order valence-electron chi connectivity index (χ1n) is 10.6. The molecule has 2 N–H and O–H groups in total. The molecule has 3 heterocycles. The molecule has 2 fully saturated rings. The third-order valence-electron chi connectivity index (χ3n) is 6.20. The number of ether oxygens (including phenoxy) is 1. The number of rotatable bonds is 6. The van der Waals surface area contributed by atoms with E-state index in [1.807, 2.05) is 48.2 Å². The Labute approximate surface area is 192 Å². The van der Waals surface area contributed by atoms with Crippen LogP contribution < -0.4 is 4.74 Å². The first-order valence-corrected chi connectivity index (χ1v) is 10.6. The van der Waals surface area contributed by atoms with Crippen LogP contribution in [0.15, 0.2) is 30.5 Å². The fourth-order valence-corrected chi connectivity index (χ4v) is 4.97. The average Bonchev–Trinajstić information content (AvgIpc) is 3.48. The summed E-state index contributed by atoms with van der Waals surface area (Å²) < 4.78 is 5.40. The predicted octanol–water partition coefficient (Wildman–Crippen LogP) is 0.219. The van der Waals surface area contributed by atoms with Crippen molar-refractivity contribution in [1.82, 2.24) is 30.1 Å². The second-order valence-electron chi connectivity index (χ2n) is 8.71. The minimum absolute atomic E-state index is 0.0985. The number of aromatic amines is 1. The smallest absolute Gasteiger partial charge is 0.290 e. The highest BCUT2D eigenvalue weighted by Gasteiger charge is 2.54. The van der Waals surface area contributed by atoms with E-state index in [1.165, 1.54) is 6.20 Å². The molecular formula is C22H30N6O5. The summed E-state index contributed by atoms with van der Waals surface area (Å²) in [7, 11) is 5.69. The van der Waals surface area contributed by atoms with E-state index < -0.39 is 0 Å². The van der Waals surface area contributed by atoms with Crippen molar-refractivity contribution in [1.29, 1.82) is 0 Å². The molecule has 2 amide bonds. The predicted molar refractivity (Wildman–Crippen MR) is 119 cm³/mol. The number of nitrogens with one attached hydrogen (secondary N) is 1. The maximum absolute atomic E-state index is 13.1. The molecule has 1 aromatic heterocycles. The van der Waals surface area contributed by atoms with Crippen molar-refractivity contribution in [3.05, 3.63) is 41.7 Å². The largest absolute Gasteiger partial charge is 0.496 e. The van der Waals surface area contributed by atoms with E-state index >= 15 is 0 Å². The lowest BCUT2D eigenvalue weighted by Crippen LogP contribution is -2.44. The number of hydrogen-bond acceptors (Lipinski definition) is 7. The molecule has 2 atom stereocenters. The molecule has 0 unspecified atom stereocenters. The average molecular weight is 459 g/mol. The molecule has 4 rings (SSSR count). The van der Waals surface area contributed by atoms with Crippen LogP contribution in [0, 0.1) is 11.3 Å². The van der Waals surface area contributed by atoms with Gasteiger partial charge in [-0.05, 0) is 20.2 Å². The molecule has 2 aliphatic rings. The monoisotopic (exact) mass is 458 g/mol. The topological polar surface area (TPSA) is 132 Å². The van der Waals surface area contributed by atoms with Gasteiger partial charge in [0.2, 0.25) is 5.91 Å². The number of fused-ring (bicyclic) bond motifs is 1. The first-order chi connectivity index (χ1) is 15.8. The molecule has 2 aliphatic heterocycles. The molecule has 1 aromatic carbocycles. The highest BCUT2D eigenvalue weighted by Crippen LogP contribution is 2.43. The van der Waals surface area contributed by atoms with E-state index in [0.29, 0.717) is 38.3 Å². The molecule has 2 saturated heterocycles. The lowest BCUT2D eigenvalue weighted by molar-refractivity contribution is -0.130. The van der Waals surface area contributed by atoms with Gasteiger partial charge in [-0.25, -0.2) is 0 Å². The Morgan fingerprint density at radius 3 is 2.58 bits per heavy atom. The third-order valence-corrected chi connectivity index (χ3v) is 6.20. The lowest BCUT2D eigenvalue weighted by atomic mass is 9.80. The Bertz CT molecular complexity index is 966. The number of carboxylic acid groups (broad SMARTS) is 1. The standard InChI is InChI=1S/C21H28N6O3.CH2O2/c1-25(2)12-21-13-26(19(28)8-15-6-4-5-7-18(15)30-3)10-16(21)11-27(14-21)20(29)17-9-22-24-23-17;2-1-3/h4-7,9,16H,8,10-14H2,1-3H3,(H,22,23,24);1H,(H,2,3)/t16-,21+;/m1./s1. The number of nitrogens with zero attached hydrogens (tertiary/aromatic N) is 5. The molecule has 33 heavy (non-hydrogen) atoms. The van der Waals surface area contributed by atoms with E-state index in [1.54, 1.807) is 7.11 Å². The van der Waals surface area contributed by atoms with Crippen LogP contribution in [0.2, 0.25) is 0 Å². The Balaban J connectivity index is 0.000000968. The fourth-order valence-electron chi connectivity index (χ4n) is 4.97. The van der Waals surface area contributed by atoms with Crippen LogP contribution in [-0.4, -0.2) is 107 Å². The van der Waals surface area contributed by atoms with E-state index in [2.05, 4.69) is 20.3 Å². The van der Waals surface area contributed by atoms with Crippen molar-refractivity contribution in [3.63, 3.8) is 0 Å². The Morgan fingerprint density at radius 2 is 1.94 bits per heavy atom. The van der Waals surface area contributed by atoms with Crippen molar-refractivity contribution in [3.8, 4) is 5.75 Å². The van der Waals surface area contributed by atoms with Crippen LogP contribution in [0.3, 0.4) is 0 Å². The van der Waals surface area contributed by atoms with Crippen LogP contribution in [-0.2, 0) is 16.0 Å². The molecule has 0 radical (unpaired) electrons. The van der Waals surface area contributed by atoms with Crippen LogP contribution in [0.1, 0.15) is 16.1 Å². The molecule has 0 spiro atoms. The summed E-state index contributed by atoms with van der Waals surface area (Å²) in [4.78, 5) is 40.2. The van der Waals surface area contributed by atoms with Crippen molar-refractivity contribution < 1.29 is 24.2 Å². The second-order valence-corrected chi connectivity index (χ2v) is 8.71. The van der Waals surface area contributed by atoms with Crippen LogP contribution in [0.4, 0.5) is 0 Å². The molecule has 0 bridgehead atoms. The summed E-state index contributed by atoms with van der Waals surface area (Å²) in [5.74, 6) is 0.958. The van der Waals surface area contributed by atoms with Gasteiger partial charge < -0.3 is 24.5 Å². The summed E-state index contributed by atoms with van der Waals surface area (Å²) in [6.45, 7) is 3.10. The Kier molecular flexibility index (Phi) is 7.64. The van der Waals surface area contributed by atoms with Crippen LogP contribution >= 0.6 is 0 Å². The minimum atomic E-state index is -0.250. The number of aromatic nitrogens is 3. The van der Waals surface area contributed by atoms with Gasteiger partial charge in [-0.15, -0.1) is 0 Å². The van der Waals surface area contributed by atoms with E-state index in [0.717, 1.165) is 17.9 Å². The maximum atomic E-state index is 13.1. The Hall–Kier alpha value is -3.47. The molecule has 0 saturated carbocycles. The zero-order valence-corrected chi connectivity index (χ0v) is 19.1. The summed E-state index contributed by atoms with van der Waals surface area (Å²) in [5.41, 5.74) is 1.09. The van der Waals surface area contributed by atoms with Crippen LogP contribution in [0.5, 0.6) is 5.75 Å². The number of amides is 2. The van der Waals surface area contributed by atoms with Crippen molar-refractivity contribution in [2.75, 3.05) is 53.9 Å². The summed E-state index contributed by atoms with van der Waals surface area (Å²) in [6, 6.07) is 7.63. The normalized spacial score (nSPS) is 21.4. The molecular weight excluding hydrogens is 428 g/mol. The minimum Gasteiger partial charge on any atom is -0.496 e. The fraction of sp³-hybridized carbons (Fsp3) is 0.500. The SMILES string of the molecule is COc1ccccc1CC(=O)N1C[C@@H]2CN(C(=O)c3cn[nH]n3)C[C@]2(CN(C)C)C1.O=CO. The van der Waals surface area contributed by atoms with Crippen molar-refractivity contribution >= 4 is 18.3 Å². The highest BCUT2D eigenvalue weighted by atomic mass is 16.5. The number of methoxy groups -OCH3 is 1. The van der Waals surface area contributed by atoms with Gasteiger partial charge in [-0.1, -0.05) is 18.2 Å². The summed E-state index contributed by atoms with van der Waals surface area (Å²) in [6.07, 6.45) is 1.77. The molecule has 11 heteroatoms. The highest BCUT2D eigenvalue weighted by molar-refractivity contribution is 5.92. The van der Waals surface area contributed by atoms with Gasteiger partial charge in [-0.3, -0.25) is 14.4 Å². The van der Waals surface area contributed by atoms with Gasteiger partial charge in [0.1, 0.15) is 5.75 Å². The lowest BCUT2D eigenvalue weighted by Gasteiger charge is -2.32. The molecule has 11 nitrogen and oxygen atoms in total.